The van der Waals surface area contributed by atoms with Crippen molar-refractivity contribution in [3.05, 3.63) is 54.3 Å². The lowest BCUT2D eigenvalue weighted by molar-refractivity contribution is 0.215. The summed E-state index contributed by atoms with van der Waals surface area (Å²) in [6, 6.07) is 11.6. The fourth-order valence-corrected chi connectivity index (χ4v) is 3.81. The molecular formula is C14H10Br4O2. The van der Waals surface area contributed by atoms with Crippen LogP contribution in [0.1, 0.15) is 0 Å². The van der Waals surface area contributed by atoms with Crippen LogP contribution in [0.4, 0.5) is 0 Å². The first-order valence-electron chi connectivity index (χ1n) is 5.72. The largest absolute Gasteiger partial charge is 0.489 e. The Balaban J connectivity index is 1.84. The highest BCUT2D eigenvalue weighted by Crippen LogP contribution is 2.29. The highest BCUT2D eigenvalue weighted by Gasteiger charge is 2.04. The standard InChI is InChI=1S/C14H10Br4O2/c15-9-1-3-13(11(17)7-9)19-5-6-20-14-4-2-10(16)8-12(14)18/h1-4,7-8H,5-6H2. The lowest BCUT2D eigenvalue weighted by Crippen LogP contribution is -2.09. The number of hydrogen-bond acceptors (Lipinski definition) is 2. The van der Waals surface area contributed by atoms with Crippen LogP contribution in [-0.2, 0) is 0 Å². The zero-order valence-electron chi connectivity index (χ0n) is 10.2. The second kappa shape index (κ2) is 7.82. The predicted molar refractivity (Wildman–Crippen MR) is 94.7 cm³/mol. The molecule has 0 spiro atoms. The van der Waals surface area contributed by atoms with Crippen LogP contribution in [0.5, 0.6) is 11.5 Å². The van der Waals surface area contributed by atoms with E-state index >= 15 is 0 Å². The summed E-state index contributed by atoms with van der Waals surface area (Å²) in [6.45, 7) is 0.950. The van der Waals surface area contributed by atoms with Crippen molar-refractivity contribution in [1.29, 1.82) is 0 Å². The fourth-order valence-electron chi connectivity index (χ4n) is 1.49. The fraction of sp³-hybridized carbons (Fsp3) is 0.143. The minimum Gasteiger partial charge on any atom is -0.489 e. The summed E-state index contributed by atoms with van der Waals surface area (Å²) in [4.78, 5) is 0. The molecule has 0 aliphatic rings. The molecule has 0 amide bonds. The van der Waals surface area contributed by atoms with Gasteiger partial charge in [0, 0.05) is 8.95 Å². The maximum atomic E-state index is 5.66. The van der Waals surface area contributed by atoms with Crippen LogP contribution in [0.3, 0.4) is 0 Å². The average Bonchev–Trinajstić information content (AvgIpc) is 2.39. The smallest absolute Gasteiger partial charge is 0.133 e. The van der Waals surface area contributed by atoms with E-state index in [4.69, 9.17) is 9.47 Å². The van der Waals surface area contributed by atoms with Crippen molar-refractivity contribution in [3.8, 4) is 11.5 Å². The molecule has 0 aromatic heterocycles. The van der Waals surface area contributed by atoms with Gasteiger partial charge in [0.15, 0.2) is 0 Å². The van der Waals surface area contributed by atoms with Crippen LogP contribution in [0.25, 0.3) is 0 Å². The van der Waals surface area contributed by atoms with E-state index in [1.165, 1.54) is 0 Å². The first-order valence-corrected chi connectivity index (χ1v) is 8.89. The van der Waals surface area contributed by atoms with E-state index in [-0.39, 0.29) is 0 Å². The predicted octanol–water partition coefficient (Wildman–Crippen LogP) is 6.19. The van der Waals surface area contributed by atoms with E-state index < -0.39 is 0 Å². The molecule has 2 nitrogen and oxygen atoms in total. The molecule has 0 saturated carbocycles. The van der Waals surface area contributed by atoms with Crippen molar-refractivity contribution in [2.24, 2.45) is 0 Å². The van der Waals surface area contributed by atoms with E-state index in [0.717, 1.165) is 29.4 Å². The third-order valence-electron chi connectivity index (χ3n) is 2.39. The van der Waals surface area contributed by atoms with Gasteiger partial charge in [-0.15, -0.1) is 0 Å². The molecule has 2 aromatic carbocycles. The Morgan fingerprint density at radius 2 is 1.05 bits per heavy atom. The first kappa shape index (κ1) is 16.3. The van der Waals surface area contributed by atoms with Gasteiger partial charge in [0.05, 0.1) is 8.95 Å². The molecule has 0 N–H and O–H groups in total. The second-order valence-electron chi connectivity index (χ2n) is 3.85. The monoisotopic (exact) mass is 526 g/mol. The number of halogens is 4. The Morgan fingerprint density at radius 3 is 1.40 bits per heavy atom. The van der Waals surface area contributed by atoms with Crippen LogP contribution in [0.15, 0.2) is 54.3 Å². The van der Waals surface area contributed by atoms with Gasteiger partial charge in [-0.05, 0) is 68.3 Å². The van der Waals surface area contributed by atoms with Crippen molar-refractivity contribution in [2.45, 2.75) is 0 Å². The number of benzene rings is 2. The Labute approximate surface area is 151 Å². The third kappa shape index (κ3) is 4.76. The van der Waals surface area contributed by atoms with Crippen molar-refractivity contribution in [3.63, 3.8) is 0 Å². The van der Waals surface area contributed by atoms with E-state index in [0.29, 0.717) is 13.2 Å². The SMILES string of the molecule is Brc1ccc(OCCOc2ccc(Br)cc2Br)c(Br)c1. The van der Waals surface area contributed by atoms with Gasteiger partial charge in [-0.25, -0.2) is 0 Å². The summed E-state index contributed by atoms with van der Waals surface area (Å²) in [5.74, 6) is 1.60. The van der Waals surface area contributed by atoms with Gasteiger partial charge in [-0.3, -0.25) is 0 Å². The van der Waals surface area contributed by atoms with Gasteiger partial charge < -0.3 is 9.47 Å². The Bertz CT molecular complexity index is 548. The van der Waals surface area contributed by atoms with Gasteiger partial charge in [-0.2, -0.15) is 0 Å². The summed E-state index contributed by atoms with van der Waals surface area (Å²) in [7, 11) is 0. The second-order valence-corrected chi connectivity index (χ2v) is 7.39. The van der Waals surface area contributed by atoms with Crippen LogP contribution < -0.4 is 9.47 Å². The number of hydrogen-bond donors (Lipinski definition) is 0. The highest BCUT2D eigenvalue weighted by molar-refractivity contribution is 9.11. The average molecular weight is 530 g/mol. The maximum absolute atomic E-state index is 5.66. The molecule has 0 fully saturated rings. The molecule has 0 aliphatic heterocycles. The molecule has 0 unspecified atom stereocenters. The van der Waals surface area contributed by atoms with Gasteiger partial charge >= 0.3 is 0 Å². The summed E-state index contributed by atoms with van der Waals surface area (Å²) < 4.78 is 15.2. The molecule has 0 radical (unpaired) electrons. The Kier molecular flexibility index (Phi) is 6.39. The van der Waals surface area contributed by atoms with Gasteiger partial charge in [0.2, 0.25) is 0 Å². The molecule has 0 bridgehead atoms. The quantitative estimate of drug-likeness (QED) is 0.430. The van der Waals surface area contributed by atoms with E-state index in [9.17, 15) is 0 Å². The van der Waals surface area contributed by atoms with Crippen molar-refractivity contribution in [2.75, 3.05) is 13.2 Å². The molecule has 0 saturated heterocycles. The number of ether oxygens (including phenoxy) is 2. The lowest BCUT2D eigenvalue weighted by atomic mass is 10.3. The Hall–Kier alpha value is -0.0400. The van der Waals surface area contributed by atoms with Crippen LogP contribution in [0.2, 0.25) is 0 Å². The van der Waals surface area contributed by atoms with Crippen LogP contribution in [0, 0.1) is 0 Å². The first-order chi connectivity index (χ1) is 9.56. The molecule has 0 aliphatic carbocycles. The third-order valence-corrected chi connectivity index (χ3v) is 4.61. The van der Waals surface area contributed by atoms with Crippen LogP contribution >= 0.6 is 63.7 Å². The normalized spacial score (nSPS) is 10.4. The molecule has 6 heteroatoms. The van der Waals surface area contributed by atoms with E-state index in [1.807, 2.05) is 36.4 Å². The summed E-state index contributed by atoms with van der Waals surface area (Å²) in [5.41, 5.74) is 0. The minimum atomic E-state index is 0.475. The molecule has 0 atom stereocenters. The zero-order valence-corrected chi connectivity index (χ0v) is 16.6. The van der Waals surface area contributed by atoms with Crippen molar-refractivity contribution in [1.82, 2.24) is 0 Å². The molecule has 20 heavy (non-hydrogen) atoms. The summed E-state index contributed by atoms with van der Waals surface area (Å²) in [6.07, 6.45) is 0. The molecular weight excluding hydrogens is 520 g/mol. The topological polar surface area (TPSA) is 18.5 Å². The minimum absolute atomic E-state index is 0.475. The Morgan fingerprint density at radius 1 is 0.650 bits per heavy atom. The molecule has 2 rings (SSSR count). The lowest BCUT2D eigenvalue weighted by Gasteiger charge is -2.11. The molecule has 2 aromatic rings. The van der Waals surface area contributed by atoms with Crippen molar-refractivity contribution >= 4 is 63.7 Å². The maximum Gasteiger partial charge on any atom is 0.133 e. The highest BCUT2D eigenvalue weighted by atomic mass is 79.9. The van der Waals surface area contributed by atoms with E-state index in [1.54, 1.807) is 0 Å². The molecule has 106 valence electrons. The van der Waals surface area contributed by atoms with Crippen LogP contribution in [-0.4, -0.2) is 13.2 Å². The van der Waals surface area contributed by atoms with Crippen molar-refractivity contribution < 1.29 is 9.47 Å². The van der Waals surface area contributed by atoms with E-state index in [2.05, 4.69) is 63.7 Å². The zero-order chi connectivity index (χ0) is 14.5. The molecule has 0 heterocycles. The van der Waals surface area contributed by atoms with Gasteiger partial charge in [0.1, 0.15) is 24.7 Å². The summed E-state index contributed by atoms with van der Waals surface area (Å²) >= 11 is 13.7. The number of rotatable bonds is 5. The van der Waals surface area contributed by atoms with Gasteiger partial charge in [-0.1, -0.05) is 31.9 Å². The van der Waals surface area contributed by atoms with Gasteiger partial charge in [0.25, 0.3) is 0 Å². The summed E-state index contributed by atoms with van der Waals surface area (Å²) in [5, 5.41) is 0.